The summed E-state index contributed by atoms with van der Waals surface area (Å²) in [6.07, 6.45) is 0.697. The number of hydrogen-bond acceptors (Lipinski definition) is 5. The molecular formula is C13H20N2O4S. The van der Waals surface area contributed by atoms with Crippen molar-refractivity contribution in [1.29, 1.82) is 0 Å². The molecule has 0 spiro atoms. The molecule has 20 heavy (non-hydrogen) atoms. The number of methoxy groups -OCH3 is 1. The second kappa shape index (κ2) is 6.53. The van der Waals surface area contributed by atoms with Crippen LogP contribution in [-0.4, -0.2) is 46.1 Å². The maximum Gasteiger partial charge on any atom is 0.246 e. The first kappa shape index (κ1) is 15.2. The average Bonchev–Trinajstić information content (AvgIpc) is 2.76. The molecule has 0 saturated carbocycles. The third-order valence-corrected chi connectivity index (χ3v) is 5.20. The summed E-state index contributed by atoms with van der Waals surface area (Å²) in [6.45, 7) is 2.18. The SMILES string of the molecule is COc1cc(CN)ccc1S(=O)(=O)N1CCCOCC1. The summed E-state index contributed by atoms with van der Waals surface area (Å²) in [5, 5.41) is 0. The number of ether oxygens (including phenoxy) is 2. The Morgan fingerprint density at radius 1 is 1.35 bits per heavy atom. The van der Waals surface area contributed by atoms with E-state index >= 15 is 0 Å². The minimum absolute atomic E-state index is 0.180. The summed E-state index contributed by atoms with van der Waals surface area (Å²) in [5.74, 6) is 0.332. The molecule has 1 fully saturated rings. The van der Waals surface area contributed by atoms with Gasteiger partial charge < -0.3 is 15.2 Å². The molecule has 1 aliphatic heterocycles. The van der Waals surface area contributed by atoms with E-state index in [2.05, 4.69) is 0 Å². The van der Waals surface area contributed by atoms with Crippen LogP contribution in [0, 0.1) is 0 Å². The molecule has 0 unspecified atom stereocenters. The van der Waals surface area contributed by atoms with Gasteiger partial charge in [-0.05, 0) is 24.1 Å². The molecule has 6 nitrogen and oxygen atoms in total. The molecule has 7 heteroatoms. The predicted molar refractivity (Wildman–Crippen MR) is 75.1 cm³/mol. The van der Waals surface area contributed by atoms with Crippen molar-refractivity contribution in [3.63, 3.8) is 0 Å². The topological polar surface area (TPSA) is 81.9 Å². The summed E-state index contributed by atoms with van der Waals surface area (Å²) >= 11 is 0. The average molecular weight is 300 g/mol. The molecular weight excluding hydrogens is 280 g/mol. The van der Waals surface area contributed by atoms with Crippen molar-refractivity contribution in [3.05, 3.63) is 23.8 Å². The van der Waals surface area contributed by atoms with Gasteiger partial charge in [-0.1, -0.05) is 6.07 Å². The van der Waals surface area contributed by atoms with Crippen LogP contribution < -0.4 is 10.5 Å². The first-order valence-electron chi connectivity index (χ1n) is 6.54. The lowest BCUT2D eigenvalue weighted by Crippen LogP contribution is -2.33. The van der Waals surface area contributed by atoms with Crippen LogP contribution in [0.25, 0.3) is 0 Å². The standard InChI is InChI=1S/C13H20N2O4S/c1-18-12-9-11(10-14)3-4-13(12)20(16,17)15-5-2-7-19-8-6-15/h3-4,9H,2,5-8,10,14H2,1H3. The number of nitrogens with two attached hydrogens (primary N) is 1. The van der Waals surface area contributed by atoms with Gasteiger partial charge in [0.25, 0.3) is 0 Å². The maximum atomic E-state index is 12.7. The molecule has 1 aliphatic rings. The summed E-state index contributed by atoms with van der Waals surface area (Å²) in [4.78, 5) is 0.180. The van der Waals surface area contributed by atoms with E-state index in [4.69, 9.17) is 15.2 Å². The number of sulfonamides is 1. The molecule has 2 rings (SSSR count). The van der Waals surface area contributed by atoms with E-state index < -0.39 is 10.0 Å². The molecule has 0 radical (unpaired) electrons. The first-order valence-corrected chi connectivity index (χ1v) is 7.98. The Hall–Kier alpha value is -1.15. The Balaban J connectivity index is 2.37. The highest BCUT2D eigenvalue weighted by molar-refractivity contribution is 7.89. The van der Waals surface area contributed by atoms with Gasteiger partial charge in [0.05, 0.1) is 13.7 Å². The van der Waals surface area contributed by atoms with Crippen LogP contribution in [0.4, 0.5) is 0 Å². The molecule has 112 valence electrons. The zero-order chi connectivity index (χ0) is 14.6. The Kier molecular flexibility index (Phi) is 4.98. The van der Waals surface area contributed by atoms with Gasteiger partial charge in [-0.25, -0.2) is 8.42 Å². The van der Waals surface area contributed by atoms with Crippen molar-refractivity contribution < 1.29 is 17.9 Å². The molecule has 0 aromatic heterocycles. The van der Waals surface area contributed by atoms with Gasteiger partial charge in [0.15, 0.2) is 0 Å². The van der Waals surface area contributed by atoms with Crippen molar-refractivity contribution in [2.45, 2.75) is 17.9 Å². The molecule has 1 aromatic rings. The molecule has 0 atom stereocenters. The number of benzene rings is 1. The van der Waals surface area contributed by atoms with Crippen LogP contribution in [0.1, 0.15) is 12.0 Å². The van der Waals surface area contributed by atoms with E-state index in [1.54, 1.807) is 18.2 Å². The van der Waals surface area contributed by atoms with Gasteiger partial charge in [-0.3, -0.25) is 0 Å². The summed E-state index contributed by atoms with van der Waals surface area (Å²) in [6, 6.07) is 4.94. The van der Waals surface area contributed by atoms with Gasteiger partial charge >= 0.3 is 0 Å². The highest BCUT2D eigenvalue weighted by Gasteiger charge is 2.28. The highest BCUT2D eigenvalue weighted by atomic mass is 32.2. The summed E-state index contributed by atoms with van der Waals surface area (Å²) < 4.78 is 37.3. The van der Waals surface area contributed by atoms with Crippen LogP contribution in [0.15, 0.2) is 23.1 Å². The van der Waals surface area contributed by atoms with Crippen LogP contribution >= 0.6 is 0 Å². The largest absolute Gasteiger partial charge is 0.495 e. The Morgan fingerprint density at radius 3 is 2.85 bits per heavy atom. The van der Waals surface area contributed by atoms with Crippen molar-refractivity contribution in [3.8, 4) is 5.75 Å². The van der Waals surface area contributed by atoms with Crippen LogP contribution in [0.5, 0.6) is 5.75 Å². The zero-order valence-electron chi connectivity index (χ0n) is 11.5. The molecule has 0 amide bonds. The Bertz CT molecular complexity index is 551. The minimum Gasteiger partial charge on any atom is -0.495 e. The minimum atomic E-state index is -3.57. The van der Waals surface area contributed by atoms with Crippen molar-refractivity contribution in [1.82, 2.24) is 4.31 Å². The van der Waals surface area contributed by atoms with Crippen molar-refractivity contribution >= 4 is 10.0 Å². The van der Waals surface area contributed by atoms with E-state index in [0.29, 0.717) is 45.0 Å². The highest BCUT2D eigenvalue weighted by Crippen LogP contribution is 2.28. The fourth-order valence-corrected chi connectivity index (χ4v) is 3.75. The van der Waals surface area contributed by atoms with E-state index in [1.807, 2.05) is 0 Å². The van der Waals surface area contributed by atoms with E-state index in [0.717, 1.165) is 5.56 Å². The van der Waals surface area contributed by atoms with E-state index in [9.17, 15) is 8.42 Å². The van der Waals surface area contributed by atoms with Gasteiger partial charge in [0.2, 0.25) is 10.0 Å². The monoisotopic (exact) mass is 300 g/mol. The number of hydrogen-bond donors (Lipinski definition) is 1. The van der Waals surface area contributed by atoms with Gasteiger partial charge in [-0.15, -0.1) is 0 Å². The Morgan fingerprint density at radius 2 is 2.15 bits per heavy atom. The lowest BCUT2D eigenvalue weighted by atomic mass is 10.2. The lowest BCUT2D eigenvalue weighted by Gasteiger charge is -2.21. The van der Waals surface area contributed by atoms with Gasteiger partial charge in [0.1, 0.15) is 10.6 Å². The molecule has 1 saturated heterocycles. The summed E-state index contributed by atoms with van der Waals surface area (Å²) in [7, 11) is -2.11. The van der Waals surface area contributed by atoms with Crippen LogP contribution in [0.3, 0.4) is 0 Å². The quantitative estimate of drug-likeness (QED) is 0.879. The second-order valence-corrected chi connectivity index (χ2v) is 6.47. The fourth-order valence-electron chi connectivity index (χ4n) is 2.15. The maximum absolute atomic E-state index is 12.7. The lowest BCUT2D eigenvalue weighted by molar-refractivity contribution is 0.148. The van der Waals surface area contributed by atoms with Crippen LogP contribution in [-0.2, 0) is 21.3 Å². The smallest absolute Gasteiger partial charge is 0.246 e. The molecule has 1 aromatic carbocycles. The van der Waals surface area contributed by atoms with Gasteiger partial charge in [-0.2, -0.15) is 4.31 Å². The zero-order valence-corrected chi connectivity index (χ0v) is 12.4. The van der Waals surface area contributed by atoms with Crippen molar-refractivity contribution in [2.24, 2.45) is 5.73 Å². The molecule has 0 aliphatic carbocycles. The van der Waals surface area contributed by atoms with Crippen molar-refractivity contribution in [2.75, 3.05) is 33.4 Å². The van der Waals surface area contributed by atoms with E-state index in [1.165, 1.54) is 11.4 Å². The number of nitrogens with zero attached hydrogens (tertiary/aromatic N) is 1. The third kappa shape index (κ3) is 3.12. The Labute approximate surface area is 119 Å². The molecule has 1 heterocycles. The predicted octanol–water partition coefficient (Wildman–Crippen LogP) is 0.565. The molecule has 2 N–H and O–H groups in total. The van der Waals surface area contributed by atoms with E-state index in [-0.39, 0.29) is 4.90 Å². The molecule has 0 bridgehead atoms. The second-order valence-electron chi connectivity index (χ2n) is 4.56. The first-order chi connectivity index (χ1) is 9.59. The van der Waals surface area contributed by atoms with Gasteiger partial charge in [0, 0.05) is 26.2 Å². The normalized spacial score (nSPS) is 17.7. The third-order valence-electron chi connectivity index (χ3n) is 3.26. The fraction of sp³-hybridized carbons (Fsp3) is 0.538. The summed E-state index contributed by atoms with van der Waals surface area (Å²) in [5.41, 5.74) is 6.40. The van der Waals surface area contributed by atoms with Crippen LogP contribution in [0.2, 0.25) is 0 Å². The number of rotatable bonds is 4.